The summed E-state index contributed by atoms with van der Waals surface area (Å²) in [5.74, 6) is -2.05. The van der Waals surface area contributed by atoms with Gasteiger partial charge in [-0.15, -0.1) is 11.3 Å². The number of carbonyl (C=O) groups is 2. The fourth-order valence-electron chi connectivity index (χ4n) is 2.28. The molecule has 10 heteroatoms. The number of esters is 1. The number of hydrogen-bond acceptors (Lipinski definition) is 9. The number of hydrogen-bond donors (Lipinski definition) is 2. The Hall–Kier alpha value is -3.24. The van der Waals surface area contributed by atoms with Gasteiger partial charge in [0.05, 0.1) is 17.9 Å². The molecule has 0 aliphatic carbocycles. The number of aromatic hydroxyl groups is 1. The number of thiazole rings is 1. The average Bonchev–Trinajstić information content (AvgIpc) is 3.12. The highest BCUT2D eigenvalue weighted by molar-refractivity contribution is 7.14. The number of phenols is 1. The molecule has 2 heterocycles. The van der Waals surface area contributed by atoms with E-state index >= 15 is 0 Å². The number of fused-ring (bicyclic) bond motifs is 1. The van der Waals surface area contributed by atoms with Crippen LogP contribution in [0, 0.1) is 0 Å². The van der Waals surface area contributed by atoms with E-state index in [-0.39, 0.29) is 40.9 Å². The first-order valence-corrected chi connectivity index (χ1v) is 9.14. The van der Waals surface area contributed by atoms with Gasteiger partial charge >= 0.3 is 17.5 Å². The topological polar surface area (TPSA) is 128 Å². The summed E-state index contributed by atoms with van der Waals surface area (Å²) in [5.41, 5.74) is 0.0758. The van der Waals surface area contributed by atoms with E-state index in [0.29, 0.717) is 12.0 Å². The third-order valence-corrected chi connectivity index (χ3v) is 4.33. The van der Waals surface area contributed by atoms with Gasteiger partial charge in [0, 0.05) is 23.4 Å². The van der Waals surface area contributed by atoms with Crippen LogP contribution in [0.2, 0.25) is 0 Å². The van der Waals surface area contributed by atoms with Gasteiger partial charge in [-0.2, -0.15) is 0 Å². The van der Waals surface area contributed by atoms with Crippen molar-refractivity contribution >= 4 is 39.3 Å². The first-order valence-electron chi connectivity index (χ1n) is 8.26. The molecule has 0 saturated heterocycles. The predicted octanol–water partition coefficient (Wildman–Crippen LogP) is 2.14. The molecular weight excluding hydrogens is 388 g/mol. The average molecular weight is 404 g/mol. The zero-order chi connectivity index (χ0) is 20.1. The maximum Gasteiger partial charge on any atom is 0.397 e. The molecule has 146 valence electrons. The Kier molecular flexibility index (Phi) is 6.02. The lowest BCUT2D eigenvalue weighted by Crippen LogP contribution is -2.26. The second kappa shape index (κ2) is 8.63. The Morgan fingerprint density at radius 3 is 2.89 bits per heavy atom. The van der Waals surface area contributed by atoms with Crippen LogP contribution >= 0.6 is 11.3 Å². The number of ether oxygens (including phenoxy) is 2. The number of rotatable bonds is 6. The lowest BCUT2D eigenvalue weighted by atomic mass is 10.1. The van der Waals surface area contributed by atoms with Gasteiger partial charge in [-0.25, -0.2) is 14.6 Å². The van der Waals surface area contributed by atoms with Crippen LogP contribution in [0.15, 0.2) is 38.9 Å². The van der Waals surface area contributed by atoms with Gasteiger partial charge in [0.1, 0.15) is 17.9 Å². The quantitative estimate of drug-likeness (QED) is 0.277. The van der Waals surface area contributed by atoms with Gasteiger partial charge in [0.25, 0.3) is 0 Å². The lowest BCUT2D eigenvalue weighted by Gasteiger charge is -2.04. The maximum absolute atomic E-state index is 12.2. The minimum atomic E-state index is -1.05. The van der Waals surface area contributed by atoms with Gasteiger partial charge in [-0.05, 0) is 25.1 Å². The first-order chi connectivity index (χ1) is 13.5. The minimum absolute atomic E-state index is 0.0183. The molecule has 0 aliphatic rings. The SMILES string of the molecule is CCOCCOC(=O)C(=O)Nc1nc(-c2cc3ccc(O)cc3oc2=O)cs1. The first kappa shape index (κ1) is 19.5. The highest BCUT2D eigenvalue weighted by atomic mass is 32.1. The molecule has 0 atom stereocenters. The Labute approximate surface area is 162 Å². The van der Waals surface area contributed by atoms with Gasteiger partial charge < -0.3 is 19.0 Å². The molecular formula is C18H16N2O7S. The molecule has 0 saturated carbocycles. The number of benzene rings is 1. The molecule has 28 heavy (non-hydrogen) atoms. The van der Waals surface area contributed by atoms with Crippen molar-refractivity contribution in [3.63, 3.8) is 0 Å². The van der Waals surface area contributed by atoms with Crippen molar-refractivity contribution in [1.29, 1.82) is 0 Å². The van der Waals surface area contributed by atoms with Crippen LogP contribution in [0.1, 0.15) is 6.92 Å². The number of anilines is 1. The van der Waals surface area contributed by atoms with E-state index in [1.54, 1.807) is 24.4 Å². The van der Waals surface area contributed by atoms with Crippen LogP contribution in [0.5, 0.6) is 5.75 Å². The molecule has 1 amide bonds. The number of carbonyl (C=O) groups excluding carboxylic acids is 2. The summed E-state index contributed by atoms with van der Waals surface area (Å²) in [4.78, 5) is 39.8. The van der Waals surface area contributed by atoms with Crippen LogP contribution in [-0.2, 0) is 19.1 Å². The van der Waals surface area contributed by atoms with Crippen molar-refractivity contribution in [2.45, 2.75) is 6.92 Å². The Bertz CT molecular complexity index is 1070. The number of aromatic nitrogens is 1. The van der Waals surface area contributed by atoms with Crippen molar-refractivity contribution in [3.05, 3.63) is 40.1 Å². The van der Waals surface area contributed by atoms with Crippen molar-refractivity contribution in [3.8, 4) is 17.0 Å². The van der Waals surface area contributed by atoms with Crippen molar-refractivity contribution in [2.75, 3.05) is 25.1 Å². The highest BCUT2D eigenvalue weighted by Gasteiger charge is 2.18. The molecule has 2 N–H and O–H groups in total. The molecule has 3 rings (SSSR count). The summed E-state index contributed by atoms with van der Waals surface area (Å²) < 4.78 is 15.0. The third-order valence-electron chi connectivity index (χ3n) is 3.57. The van der Waals surface area contributed by atoms with Gasteiger partial charge in [0.15, 0.2) is 5.13 Å². The molecule has 9 nitrogen and oxygen atoms in total. The van der Waals surface area contributed by atoms with Gasteiger partial charge in [0.2, 0.25) is 0 Å². The van der Waals surface area contributed by atoms with E-state index < -0.39 is 17.5 Å². The summed E-state index contributed by atoms with van der Waals surface area (Å²) >= 11 is 1.04. The highest BCUT2D eigenvalue weighted by Crippen LogP contribution is 2.26. The largest absolute Gasteiger partial charge is 0.508 e. The number of nitrogens with zero attached hydrogens (tertiary/aromatic N) is 1. The molecule has 1 aromatic carbocycles. The molecule has 0 radical (unpaired) electrons. The van der Waals surface area contributed by atoms with Crippen LogP contribution in [0.25, 0.3) is 22.2 Å². The van der Waals surface area contributed by atoms with E-state index in [1.807, 2.05) is 0 Å². The van der Waals surface area contributed by atoms with E-state index in [1.165, 1.54) is 12.1 Å². The fourth-order valence-corrected chi connectivity index (χ4v) is 2.99. The number of amides is 1. The van der Waals surface area contributed by atoms with Crippen molar-refractivity contribution < 1.29 is 28.6 Å². The van der Waals surface area contributed by atoms with Gasteiger partial charge in [-0.3, -0.25) is 10.1 Å². The summed E-state index contributed by atoms with van der Waals surface area (Å²) in [6.07, 6.45) is 0. The fraction of sp³-hybridized carbons (Fsp3) is 0.222. The summed E-state index contributed by atoms with van der Waals surface area (Å²) in [7, 11) is 0. The van der Waals surface area contributed by atoms with Crippen molar-refractivity contribution in [2.24, 2.45) is 0 Å². The van der Waals surface area contributed by atoms with Crippen LogP contribution in [0.3, 0.4) is 0 Å². The van der Waals surface area contributed by atoms with Crippen LogP contribution in [0.4, 0.5) is 5.13 Å². The third kappa shape index (κ3) is 4.53. The molecule has 0 bridgehead atoms. The zero-order valence-corrected chi connectivity index (χ0v) is 15.6. The second-order valence-corrected chi connectivity index (χ2v) is 6.35. The molecule has 2 aromatic heterocycles. The predicted molar refractivity (Wildman–Crippen MR) is 101 cm³/mol. The summed E-state index contributed by atoms with van der Waals surface area (Å²) in [6.45, 7) is 2.45. The summed E-state index contributed by atoms with van der Waals surface area (Å²) in [6, 6.07) is 5.98. The van der Waals surface area contributed by atoms with Crippen molar-refractivity contribution in [1.82, 2.24) is 4.98 Å². The second-order valence-electron chi connectivity index (χ2n) is 5.49. The number of nitrogens with one attached hydrogen (secondary N) is 1. The smallest absolute Gasteiger partial charge is 0.397 e. The van der Waals surface area contributed by atoms with E-state index in [0.717, 1.165) is 11.3 Å². The number of phenolic OH excluding ortho intramolecular Hbond substituents is 1. The minimum Gasteiger partial charge on any atom is -0.508 e. The molecule has 0 spiro atoms. The van der Waals surface area contributed by atoms with E-state index in [2.05, 4.69) is 10.3 Å². The molecule has 0 aliphatic heterocycles. The molecule has 0 fully saturated rings. The van der Waals surface area contributed by atoms with Crippen LogP contribution < -0.4 is 10.9 Å². The maximum atomic E-state index is 12.2. The standard InChI is InChI=1S/C18H16N2O7S/c1-2-25-5-6-26-17(24)15(22)20-18-19-13(9-28-18)12-7-10-3-4-11(21)8-14(10)27-16(12)23/h3-4,7-9,21H,2,5-6H2,1H3,(H,19,20,22). The van der Waals surface area contributed by atoms with Crippen LogP contribution in [-0.4, -0.2) is 41.8 Å². The zero-order valence-electron chi connectivity index (χ0n) is 14.8. The summed E-state index contributed by atoms with van der Waals surface area (Å²) in [5, 5.41) is 14.1. The molecule has 3 aromatic rings. The molecule has 0 unspecified atom stereocenters. The monoisotopic (exact) mass is 404 g/mol. The Balaban J connectivity index is 1.72. The van der Waals surface area contributed by atoms with E-state index in [4.69, 9.17) is 13.9 Å². The Morgan fingerprint density at radius 2 is 2.11 bits per heavy atom. The Morgan fingerprint density at radius 1 is 1.29 bits per heavy atom. The lowest BCUT2D eigenvalue weighted by molar-refractivity contribution is -0.153. The van der Waals surface area contributed by atoms with Gasteiger partial charge in [-0.1, -0.05) is 0 Å². The van der Waals surface area contributed by atoms with E-state index in [9.17, 15) is 19.5 Å². The normalized spacial score (nSPS) is 10.8.